The molecule has 0 rings (SSSR count). The maximum absolute atomic E-state index is 12.4. The number of nitrogens with zero attached hydrogens (tertiary/aromatic N) is 1. The van der Waals surface area contributed by atoms with Crippen molar-refractivity contribution >= 4 is 11.9 Å². The third-order valence-corrected chi connectivity index (χ3v) is 12.0. The van der Waals surface area contributed by atoms with Gasteiger partial charge < -0.3 is 19.1 Å². The van der Waals surface area contributed by atoms with E-state index in [9.17, 15) is 9.59 Å². The molecule has 0 aliphatic heterocycles. The quantitative estimate of drug-likeness (QED) is 0.0452. The first kappa shape index (κ1) is 54.9. The normalized spacial score (nSPS) is 11.8. The second kappa shape index (κ2) is 43.4. The van der Waals surface area contributed by atoms with E-state index < -0.39 is 0 Å². The summed E-state index contributed by atoms with van der Waals surface area (Å²) in [6.45, 7) is 16.4. The van der Waals surface area contributed by atoms with E-state index in [0.717, 1.165) is 45.6 Å². The van der Waals surface area contributed by atoms with Crippen molar-refractivity contribution in [2.45, 2.75) is 247 Å². The topological polar surface area (TPSA) is 65.1 Å². The standard InChI is InChI=1S/C50H99NO5/c1-7-12-33-46(34-13-8-2)43-49(52)55-41-30-26-22-18-16-20-24-28-37-48(45-54-40-32-39-51(6)11-5)38-29-25-21-17-19-23-27-31-42-56-50(53)44-47(35-14-9-3)36-15-10-4/h46-48H,7-45H2,1-6H3. The fraction of sp³-hybridized carbons (Fsp3) is 0.960. The molecule has 0 aromatic carbocycles. The zero-order valence-electron chi connectivity index (χ0n) is 38.8. The lowest BCUT2D eigenvalue weighted by Crippen LogP contribution is -2.20. The summed E-state index contributed by atoms with van der Waals surface area (Å²) < 4.78 is 17.4. The van der Waals surface area contributed by atoms with Crippen LogP contribution in [0.15, 0.2) is 0 Å². The fourth-order valence-electron chi connectivity index (χ4n) is 7.98. The van der Waals surface area contributed by atoms with E-state index in [2.05, 4.69) is 46.6 Å². The molecule has 6 nitrogen and oxygen atoms in total. The van der Waals surface area contributed by atoms with Gasteiger partial charge in [-0.2, -0.15) is 0 Å². The van der Waals surface area contributed by atoms with E-state index in [1.165, 1.54) is 180 Å². The molecular formula is C50H99NO5. The monoisotopic (exact) mass is 794 g/mol. The van der Waals surface area contributed by atoms with Crippen LogP contribution in [0.3, 0.4) is 0 Å². The van der Waals surface area contributed by atoms with Crippen LogP contribution >= 0.6 is 0 Å². The molecule has 0 saturated heterocycles. The minimum absolute atomic E-state index is 0.0257. The molecule has 0 atom stereocenters. The molecule has 0 bridgehead atoms. The van der Waals surface area contributed by atoms with Crippen LogP contribution in [0.4, 0.5) is 0 Å². The fourth-order valence-corrected chi connectivity index (χ4v) is 7.98. The largest absolute Gasteiger partial charge is 0.466 e. The summed E-state index contributed by atoms with van der Waals surface area (Å²) >= 11 is 0. The molecule has 6 heteroatoms. The Balaban J connectivity index is 4.09. The third-order valence-electron chi connectivity index (χ3n) is 12.0. The van der Waals surface area contributed by atoms with Crippen molar-refractivity contribution in [3.8, 4) is 0 Å². The zero-order chi connectivity index (χ0) is 41.2. The van der Waals surface area contributed by atoms with E-state index in [4.69, 9.17) is 14.2 Å². The number of esters is 2. The predicted octanol–water partition coefficient (Wildman–Crippen LogP) is 14.8. The van der Waals surface area contributed by atoms with E-state index in [1.807, 2.05) is 0 Å². The first-order valence-corrected chi connectivity index (χ1v) is 25.0. The molecule has 0 amide bonds. The minimum atomic E-state index is 0.0257. The molecule has 0 unspecified atom stereocenters. The molecule has 0 heterocycles. The summed E-state index contributed by atoms with van der Waals surface area (Å²) in [6.07, 6.45) is 39.5. The van der Waals surface area contributed by atoms with Crippen LogP contribution in [0.1, 0.15) is 247 Å². The van der Waals surface area contributed by atoms with Gasteiger partial charge in [-0.3, -0.25) is 9.59 Å². The number of carbonyl (C=O) groups is 2. The van der Waals surface area contributed by atoms with Crippen molar-refractivity contribution in [3.05, 3.63) is 0 Å². The highest BCUT2D eigenvalue weighted by atomic mass is 16.5. The third kappa shape index (κ3) is 38.4. The van der Waals surface area contributed by atoms with Crippen LogP contribution in [-0.2, 0) is 23.8 Å². The van der Waals surface area contributed by atoms with Crippen molar-refractivity contribution < 1.29 is 23.8 Å². The van der Waals surface area contributed by atoms with Gasteiger partial charge in [0, 0.05) is 32.6 Å². The Morgan fingerprint density at radius 1 is 0.411 bits per heavy atom. The maximum atomic E-state index is 12.4. The lowest BCUT2D eigenvalue weighted by Gasteiger charge is -2.18. The summed E-state index contributed by atoms with van der Waals surface area (Å²) in [5.41, 5.74) is 0. The molecule has 0 fully saturated rings. The number of ether oxygens (including phenoxy) is 3. The molecule has 0 saturated carbocycles. The van der Waals surface area contributed by atoms with Gasteiger partial charge in [0.25, 0.3) is 0 Å². The molecule has 0 radical (unpaired) electrons. The van der Waals surface area contributed by atoms with Crippen molar-refractivity contribution in [2.24, 2.45) is 17.8 Å². The molecule has 334 valence electrons. The molecule has 0 aromatic heterocycles. The van der Waals surface area contributed by atoms with Crippen LogP contribution < -0.4 is 0 Å². The number of carbonyl (C=O) groups excluding carboxylic acids is 2. The lowest BCUT2D eigenvalue weighted by atomic mass is 9.93. The molecule has 0 aliphatic carbocycles. The van der Waals surface area contributed by atoms with Gasteiger partial charge in [-0.25, -0.2) is 0 Å². The molecule has 0 N–H and O–H groups in total. The van der Waals surface area contributed by atoms with Gasteiger partial charge in [0.05, 0.1) is 13.2 Å². The first-order chi connectivity index (χ1) is 27.4. The highest BCUT2D eigenvalue weighted by molar-refractivity contribution is 5.70. The number of rotatable bonds is 45. The number of unbranched alkanes of at least 4 members (excludes halogenated alkanes) is 18. The number of hydrogen-bond acceptors (Lipinski definition) is 6. The number of hydrogen-bond donors (Lipinski definition) is 0. The van der Waals surface area contributed by atoms with E-state index in [1.54, 1.807) is 0 Å². The molecule has 56 heavy (non-hydrogen) atoms. The maximum Gasteiger partial charge on any atom is 0.306 e. The summed E-state index contributed by atoms with van der Waals surface area (Å²) in [6, 6.07) is 0. The SMILES string of the molecule is CCCCC(CCCC)CC(=O)OCCCCCCCCCCC(CCCCCCCCCCOC(=O)CC(CCCC)CCCC)COCCCN(C)CC. The van der Waals surface area contributed by atoms with Crippen molar-refractivity contribution in [1.29, 1.82) is 0 Å². The Morgan fingerprint density at radius 3 is 1.11 bits per heavy atom. The van der Waals surface area contributed by atoms with Crippen molar-refractivity contribution in [3.63, 3.8) is 0 Å². The molecule has 0 aliphatic rings. The van der Waals surface area contributed by atoms with Gasteiger partial charge in [-0.05, 0) is 89.1 Å². The summed E-state index contributed by atoms with van der Waals surface area (Å²) in [7, 11) is 2.19. The summed E-state index contributed by atoms with van der Waals surface area (Å²) in [4.78, 5) is 27.1. The Hall–Kier alpha value is -1.14. The second-order valence-corrected chi connectivity index (χ2v) is 17.6. The smallest absolute Gasteiger partial charge is 0.306 e. The van der Waals surface area contributed by atoms with Crippen molar-refractivity contribution in [1.82, 2.24) is 4.90 Å². The Bertz CT molecular complexity index is 749. The minimum Gasteiger partial charge on any atom is -0.466 e. The van der Waals surface area contributed by atoms with E-state index >= 15 is 0 Å². The zero-order valence-corrected chi connectivity index (χ0v) is 38.8. The first-order valence-electron chi connectivity index (χ1n) is 25.0. The molecular weight excluding hydrogens is 695 g/mol. The van der Waals surface area contributed by atoms with Crippen LogP contribution in [0.2, 0.25) is 0 Å². The van der Waals surface area contributed by atoms with Crippen LogP contribution in [0.5, 0.6) is 0 Å². The Morgan fingerprint density at radius 2 is 0.750 bits per heavy atom. The lowest BCUT2D eigenvalue weighted by molar-refractivity contribution is -0.146. The van der Waals surface area contributed by atoms with Gasteiger partial charge in [0.15, 0.2) is 0 Å². The predicted molar refractivity (Wildman–Crippen MR) is 241 cm³/mol. The van der Waals surface area contributed by atoms with E-state index in [-0.39, 0.29) is 11.9 Å². The highest BCUT2D eigenvalue weighted by Crippen LogP contribution is 2.23. The van der Waals surface area contributed by atoms with Crippen LogP contribution in [0.25, 0.3) is 0 Å². The van der Waals surface area contributed by atoms with Gasteiger partial charge in [0.2, 0.25) is 0 Å². The van der Waals surface area contributed by atoms with Gasteiger partial charge in [-0.1, -0.05) is 176 Å². The van der Waals surface area contributed by atoms with Crippen LogP contribution in [-0.4, -0.2) is 63.4 Å². The summed E-state index contributed by atoms with van der Waals surface area (Å²) in [5.74, 6) is 1.78. The van der Waals surface area contributed by atoms with Gasteiger partial charge in [0.1, 0.15) is 0 Å². The Kier molecular flexibility index (Phi) is 42.6. The van der Waals surface area contributed by atoms with Gasteiger partial charge in [-0.15, -0.1) is 0 Å². The van der Waals surface area contributed by atoms with E-state index in [0.29, 0.717) is 43.8 Å². The van der Waals surface area contributed by atoms with Crippen LogP contribution in [0, 0.1) is 17.8 Å². The summed E-state index contributed by atoms with van der Waals surface area (Å²) in [5, 5.41) is 0. The average molecular weight is 794 g/mol. The molecule has 0 aromatic rings. The Labute approximate surface area is 350 Å². The highest BCUT2D eigenvalue weighted by Gasteiger charge is 2.16. The van der Waals surface area contributed by atoms with Crippen molar-refractivity contribution in [2.75, 3.05) is 46.6 Å². The average Bonchev–Trinajstić information content (AvgIpc) is 3.20. The molecule has 0 spiro atoms. The van der Waals surface area contributed by atoms with Gasteiger partial charge >= 0.3 is 11.9 Å². The second-order valence-electron chi connectivity index (χ2n) is 17.6.